The van der Waals surface area contributed by atoms with Crippen LogP contribution in [-0.2, 0) is 6.42 Å². The largest absolute Gasteiger partial charge is 0.314 e. The molecule has 3 nitrogen and oxygen atoms in total. The summed E-state index contributed by atoms with van der Waals surface area (Å²) >= 11 is 0. The van der Waals surface area contributed by atoms with Crippen LogP contribution in [0.1, 0.15) is 25.0 Å². The molecule has 1 unspecified atom stereocenters. The number of nitrogens with zero attached hydrogens (tertiary/aromatic N) is 2. The first kappa shape index (κ1) is 11.5. The van der Waals surface area contributed by atoms with Crippen molar-refractivity contribution in [2.24, 2.45) is 0 Å². The Morgan fingerprint density at radius 2 is 2.06 bits per heavy atom. The average Bonchev–Trinajstić information content (AvgIpc) is 2.89. The second kappa shape index (κ2) is 5.36. The van der Waals surface area contributed by atoms with E-state index in [9.17, 15) is 0 Å². The minimum absolute atomic E-state index is 0.609. The topological polar surface area (TPSA) is 29.9 Å². The van der Waals surface area contributed by atoms with Gasteiger partial charge in [0.05, 0.1) is 5.69 Å². The van der Waals surface area contributed by atoms with Gasteiger partial charge in [0, 0.05) is 24.4 Å². The SMILES string of the molecule is c1ccc(-n2nccc2CC2CCCCN2)cc1. The van der Waals surface area contributed by atoms with Gasteiger partial charge in [0.15, 0.2) is 0 Å². The lowest BCUT2D eigenvalue weighted by atomic mass is 10.0. The predicted molar refractivity (Wildman–Crippen MR) is 72.9 cm³/mol. The van der Waals surface area contributed by atoms with E-state index in [1.165, 1.54) is 25.0 Å². The highest BCUT2D eigenvalue weighted by molar-refractivity contribution is 5.32. The molecule has 1 atom stereocenters. The van der Waals surface area contributed by atoms with Crippen molar-refractivity contribution in [3.05, 3.63) is 48.3 Å². The van der Waals surface area contributed by atoms with Gasteiger partial charge in [0.1, 0.15) is 0 Å². The Kier molecular flexibility index (Phi) is 3.42. The van der Waals surface area contributed by atoms with Gasteiger partial charge < -0.3 is 5.32 Å². The van der Waals surface area contributed by atoms with Crippen LogP contribution < -0.4 is 5.32 Å². The Morgan fingerprint density at radius 1 is 1.17 bits per heavy atom. The van der Waals surface area contributed by atoms with Gasteiger partial charge in [0.2, 0.25) is 0 Å². The molecule has 1 aliphatic rings. The highest BCUT2D eigenvalue weighted by Gasteiger charge is 2.15. The molecule has 0 spiro atoms. The summed E-state index contributed by atoms with van der Waals surface area (Å²) in [5, 5.41) is 8.04. The Bertz CT molecular complexity index is 483. The summed E-state index contributed by atoms with van der Waals surface area (Å²) in [4.78, 5) is 0. The van der Waals surface area contributed by atoms with Gasteiger partial charge in [0.25, 0.3) is 0 Å². The van der Waals surface area contributed by atoms with Crippen molar-refractivity contribution in [3.8, 4) is 5.69 Å². The number of para-hydroxylation sites is 1. The molecule has 18 heavy (non-hydrogen) atoms. The summed E-state index contributed by atoms with van der Waals surface area (Å²) < 4.78 is 2.05. The molecular formula is C15H19N3. The van der Waals surface area contributed by atoms with Crippen LogP contribution in [0, 0.1) is 0 Å². The van der Waals surface area contributed by atoms with Crippen molar-refractivity contribution in [3.63, 3.8) is 0 Å². The number of rotatable bonds is 3. The summed E-state index contributed by atoms with van der Waals surface area (Å²) in [6.45, 7) is 1.16. The van der Waals surface area contributed by atoms with E-state index < -0.39 is 0 Å². The van der Waals surface area contributed by atoms with Crippen LogP contribution in [-0.4, -0.2) is 22.4 Å². The summed E-state index contributed by atoms with van der Waals surface area (Å²) in [5.74, 6) is 0. The molecule has 0 amide bonds. The van der Waals surface area contributed by atoms with E-state index >= 15 is 0 Å². The normalized spacial score (nSPS) is 19.9. The molecule has 0 bridgehead atoms. The van der Waals surface area contributed by atoms with Crippen molar-refractivity contribution in [2.75, 3.05) is 6.54 Å². The molecule has 1 aromatic heterocycles. The van der Waals surface area contributed by atoms with Gasteiger partial charge in [-0.25, -0.2) is 4.68 Å². The Morgan fingerprint density at radius 3 is 2.83 bits per heavy atom. The predicted octanol–water partition coefficient (Wildman–Crippen LogP) is 2.56. The Hall–Kier alpha value is -1.61. The molecule has 0 saturated carbocycles. The van der Waals surface area contributed by atoms with E-state index in [0.29, 0.717) is 6.04 Å². The van der Waals surface area contributed by atoms with Gasteiger partial charge >= 0.3 is 0 Å². The van der Waals surface area contributed by atoms with Crippen LogP contribution in [0.4, 0.5) is 0 Å². The lowest BCUT2D eigenvalue weighted by Crippen LogP contribution is -2.36. The van der Waals surface area contributed by atoms with E-state index in [1.54, 1.807) is 0 Å². The molecular weight excluding hydrogens is 222 g/mol. The maximum absolute atomic E-state index is 4.44. The molecule has 0 aliphatic carbocycles. The standard InChI is InChI=1S/C15H19N3/c1-2-7-14(8-3-1)18-15(9-11-17-18)12-13-6-4-5-10-16-13/h1-3,7-9,11,13,16H,4-6,10,12H2. The van der Waals surface area contributed by atoms with Crippen LogP contribution in [0.3, 0.4) is 0 Å². The van der Waals surface area contributed by atoms with Crippen LogP contribution >= 0.6 is 0 Å². The quantitative estimate of drug-likeness (QED) is 0.895. The van der Waals surface area contributed by atoms with Gasteiger partial charge in [-0.3, -0.25) is 0 Å². The van der Waals surface area contributed by atoms with Gasteiger partial charge in [-0.2, -0.15) is 5.10 Å². The second-order valence-electron chi connectivity index (χ2n) is 4.92. The number of hydrogen-bond donors (Lipinski definition) is 1. The molecule has 1 N–H and O–H groups in total. The van der Waals surface area contributed by atoms with E-state index in [2.05, 4.69) is 45.4 Å². The molecule has 94 valence electrons. The maximum atomic E-state index is 4.44. The Labute approximate surface area is 108 Å². The zero-order chi connectivity index (χ0) is 12.2. The number of aromatic nitrogens is 2. The number of piperidine rings is 1. The smallest absolute Gasteiger partial charge is 0.0648 e. The van der Waals surface area contributed by atoms with Crippen molar-refractivity contribution < 1.29 is 0 Å². The highest BCUT2D eigenvalue weighted by atomic mass is 15.3. The minimum atomic E-state index is 0.609. The molecule has 1 fully saturated rings. The number of benzene rings is 1. The lowest BCUT2D eigenvalue weighted by Gasteiger charge is -2.23. The van der Waals surface area contributed by atoms with Crippen molar-refractivity contribution >= 4 is 0 Å². The minimum Gasteiger partial charge on any atom is -0.314 e. The van der Waals surface area contributed by atoms with Crippen LogP contribution in [0.15, 0.2) is 42.6 Å². The van der Waals surface area contributed by atoms with E-state index in [1.807, 2.05) is 12.3 Å². The molecule has 0 radical (unpaired) electrons. The highest BCUT2D eigenvalue weighted by Crippen LogP contribution is 2.15. The zero-order valence-corrected chi connectivity index (χ0v) is 10.5. The average molecular weight is 241 g/mol. The van der Waals surface area contributed by atoms with Crippen molar-refractivity contribution in [1.82, 2.24) is 15.1 Å². The third-order valence-electron chi connectivity index (χ3n) is 3.59. The molecule has 1 aromatic carbocycles. The first-order chi connectivity index (χ1) is 8.93. The lowest BCUT2D eigenvalue weighted by molar-refractivity contribution is 0.395. The number of nitrogens with one attached hydrogen (secondary N) is 1. The fourth-order valence-corrected chi connectivity index (χ4v) is 2.64. The molecule has 3 heteroatoms. The third-order valence-corrected chi connectivity index (χ3v) is 3.59. The fourth-order valence-electron chi connectivity index (χ4n) is 2.64. The van der Waals surface area contributed by atoms with Gasteiger partial charge in [-0.05, 0) is 37.6 Å². The molecule has 1 saturated heterocycles. The monoisotopic (exact) mass is 241 g/mol. The van der Waals surface area contributed by atoms with E-state index in [-0.39, 0.29) is 0 Å². The van der Waals surface area contributed by atoms with Gasteiger partial charge in [-0.15, -0.1) is 0 Å². The summed E-state index contributed by atoms with van der Waals surface area (Å²) in [6, 6.07) is 13.1. The summed E-state index contributed by atoms with van der Waals surface area (Å²) in [6.07, 6.45) is 6.89. The first-order valence-corrected chi connectivity index (χ1v) is 6.75. The summed E-state index contributed by atoms with van der Waals surface area (Å²) in [5.41, 5.74) is 2.44. The fraction of sp³-hybridized carbons (Fsp3) is 0.400. The van der Waals surface area contributed by atoms with E-state index in [4.69, 9.17) is 0 Å². The maximum Gasteiger partial charge on any atom is 0.0648 e. The first-order valence-electron chi connectivity index (χ1n) is 6.75. The molecule has 2 heterocycles. The van der Waals surface area contributed by atoms with E-state index in [0.717, 1.165) is 18.7 Å². The van der Waals surface area contributed by atoms with Crippen molar-refractivity contribution in [1.29, 1.82) is 0 Å². The third kappa shape index (κ3) is 2.46. The number of hydrogen-bond acceptors (Lipinski definition) is 2. The van der Waals surface area contributed by atoms with Gasteiger partial charge in [-0.1, -0.05) is 24.6 Å². The van der Waals surface area contributed by atoms with Crippen molar-refractivity contribution in [2.45, 2.75) is 31.7 Å². The van der Waals surface area contributed by atoms with Crippen LogP contribution in [0.5, 0.6) is 0 Å². The zero-order valence-electron chi connectivity index (χ0n) is 10.5. The molecule has 2 aromatic rings. The molecule has 3 rings (SSSR count). The van der Waals surface area contributed by atoms with Crippen LogP contribution in [0.2, 0.25) is 0 Å². The Balaban J connectivity index is 1.79. The second-order valence-corrected chi connectivity index (χ2v) is 4.92. The summed E-state index contributed by atoms with van der Waals surface area (Å²) in [7, 11) is 0. The molecule has 1 aliphatic heterocycles. The van der Waals surface area contributed by atoms with Crippen LogP contribution in [0.25, 0.3) is 5.69 Å².